The van der Waals surface area contributed by atoms with E-state index in [4.69, 9.17) is 4.74 Å². The van der Waals surface area contributed by atoms with Gasteiger partial charge in [0.15, 0.2) is 0 Å². The normalized spacial score (nSPS) is 12.2. The zero-order valence-electron chi connectivity index (χ0n) is 12.3. The second-order valence-electron chi connectivity index (χ2n) is 4.73. The van der Waals surface area contributed by atoms with Gasteiger partial charge in [-0.3, -0.25) is 4.98 Å². The minimum atomic E-state index is -0.584. The van der Waals surface area contributed by atoms with Crippen LogP contribution in [-0.2, 0) is 0 Å². The summed E-state index contributed by atoms with van der Waals surface area (Å²) < 4.78 is 32.9. The van der Waals surface area contributed by atoms with E-state index in [1.54, 1.807) is 32.4 Å². The molecule has 0 saturated carbocycles. The Hall–Kier alpha value is -2.01. The average molecular weight is 292 g/mol. The van der Waals surface area contributed by atoms with Crippen molar-refractivity contribution in [3.8, 4) is 5.75 Å². The fourth-order valence-corrected chi connectivity index (χ4v) is 2.24. The highest BCUT2D eigenvalue weighted by Crippen LogP contribution is 2.27. The monoisotopic (exact) mass is 292 g/mol. The first-order chi connectivity index (χ1) is 10.1. The van der Waals surface area contributed by atoms with Crippen molar-refractivity contribution in [3.63, 3.8) is 0 Å². The molecule has 0 radical (unpaired) electrons. The molecule has 3 nitrogen and oxygen atoms in total. The molecule has 5 heteroatoms. The molecule has 0 aliphatic carbocycles. The SMILES string of the molecule is CCOc1cncc(C(NC)c2cc(C)c(F)cc2F)c1. The van der Waals surface area contributed by atoms with Crippen molar-refractivity contribution in [1.29, 1.82) is 0 Å². The third-order valence-electron chi connectivity index (χ3n) is 3.26. The van der Waals surface area contributed by atoms with Gasteiger partial charge in [-0.2, -0.15) is 0 Å². The Bertz CT molecular complexity index is 632. The van der Waals surface area contributed by atoms with Crippen LogP contribution < -0.4 is 10.1 Å². The van der Waals surface area contributed by atoms with Crippen LogP contribution in [0.1, 0.15) is 29.7 Å². The van der Waals surface area contributed by atoms with Gasteiger partial charge in [0.1, 0.15) is 17.4 Å². The third kappa shape index (κ3) is 3.36. The maximum atomic E-state index is 14.1. The molecule has 0 aliphatic rings. The predicted octanol–water partition coefficient (Wildman–Crippen LogP) is 3.38. The van der Waals surface area contributed by atoms with Gasteiger partial charge in [0.2, 0.25) is 0 Å². The Morgan fingerprint density at radius 3 is 2.62 bits per heavy atom. The highest BCUT2D eigenvalue weighted by molar-refractivity contribution is 5.37. The molecule has 112 valence electrons. The lowest BCUT2D eigenvalue weighted by Gasteiger charge is -2.19. The summed E-state index contributed by atoms with van der Waals surface area (Å²) in [5.74, 6) is -0.513. The number of ether oxygens (including phenoxy) is 1. The Labute approximate surface area is 123 Å². The van der Waals surface area contributed by atoms with Crippen molar-refractivity contribution in [2.24, 2.45) is 0 Å². The molecule has 1 atom stereocenters. The smallest absolute Gasteiger partial charge is 0.137 e. The quantitative estimate of drug-likeness (QED) is 0.917. The van der Waals surface area contributed by atoms with Crippen molar-refractivity contribution < 1.29 is 13.5 Å². The Morgan fingerprint density at radius 1 is 1.19 bits per heavy atom. The van der Waals surface area contributed by atoms with Gasteiger partial charge < -0.3 is 10.1 Å². The molecule has 1 N–H and O–H groups in total. The van der Waals surface area contributed by atoms with Crippen LogP contribution in [0.15, 0.2) is 30.6 Å². The molecule has 0 fully saturated rings. The zero-order chi connectivity index (χ0) is 15.4. The number of rotatable bonds is 5. The molecule has 1 aromatic carbocycles. The predicted molar refractivity (Wildman–Crippen MR) is 77.4 cm³/mol. The fourth-order valence-electron chi connectivity index (χ4n) is 2.24. The highest BCUT2D eigenvalue weighted by Gasteiger charge is 2.19. The topological polar surface area (TPSA) is 34.1 Å². The fraction of sp³-hybridized carbons (Fsp3) is 0.312. The number of aromatic nitrogens is 1. The number of aryl methyl sites for hydroxylation is 1. The van der Waals surface area contributed by atoms with Gasteiger partial charge in [-0.15, -0.1) is 0 Å². The third-order valence-corrected chi connectivity index (χ3v) is 3.26. The van der Waals surface area contributed by atoms with Gasteiger partial charge in [0.25, 0.3) is 0 Å². The first-order valence-corrected chi connectivity index (χ1v) is 6.77. The van der Waals surface area contributed by atoms with Crippen LogP contribution in [0.25, 0.3) is 0 Å². The number of benzene rings is 1. The van der Waals surface area contributed by atoms with Gasteiger partial charge in [-0.25, -0.2) is 8.78 Å². The van der Waals surface area contributed by atoms with E-state index in [0.717, 1.165) is 11.6 Å². The summed E-state index contributed by atoms with van der Waals surface area (Å²) in [6.45, 7) is 4.02. The summed E-state index contributed by atoms with van der Waals surface area (Å²) in [7, 11) is 1.72. The highest BCUT2D eigenvalue weighted by atomic mass is 19.1. The Kier molecular flexibility index (Phi) is 4.85. The van der Waals surface area contributed by atoms with Crippen molar-refractivity contribution >= 4 is 0 Å². The number of nitrogens with one attached hydrogen (secondary N) is 1. The second-order valence-corrected chi connectivity index (χ2v) is 4.73. The van der Waals surface area contributed by atoms with Gasteiger partial charge in [0.05, 0.1) is 18.8 Å². The molecule has 0 spiro atoms. The van der Waals surface area contributed by atoms with E-state index < -0.39 is 17.7 Å². The van der Waals surface area contributed by atoms with Crippen LogP contribution in [-0.4, -0.2) is 18.6 Å². The van der Waals surface area contributed by atoms with Crippen LogP contribution in [0.3, 0.4) is 0 Å². The Morgan fingerprint density at radius 2 is 1.95 bits per heavy atom. The molecule has 2 rings (SSSR count). The maximum absolute atomic E-state index is 14.1. The number of hydrogen-bond acceptors (Lipinski definition) is 3. The van der Waals surface area contributed by atoms with Crippen molar-refractivity contribution in [2.75, 3.05) is 13.7 Å². The summed E-state index contributed by atoms with van der Waals surface area (Å²) in [5, 5.41) is 3.03. The summed E-state index contributed by atoms with van der Waals surface area (Å²) in [6, 6.07) is 3.81. The molecule has 0 aliphatic heterocycles. The van der Waals surface area contributed by atoms with Gasteiger partial charge in [-0.05, 0) is 44.2 Å². The average Bonchev–Trinajstić information content (AvgIpc) is 2.46. The van der Waals surface area contributed by atoms with Crippen LogP contribution >= 0.6 is 0 Å². The number of halogens is 2. The van der Waals surface area contributed by atoms with E-state index in [1.807, 2.05) is 6.92 Å². The Balaban J connectivity index is 2.44. The molecule has 1 aromatic heterocycles. The lowest BCUT2D eigenvalue weighted by Crippen LogP contribution is -2.19. The number of nitrogens with zero attached hydrogens (tertiary/aromatic N) is 1. The van der Waals surface area contributed by atoms with E-state index >= 15 is 0 Å². The summed E-state index contributed by atoms with van der Waals surface area (Å²) >= 11 is 0. The zero-order valence-corrected chi connectivity index (χ0v) is 12.3. The second kappa shape index (κ2) is 6.63. The van der Waals surface area contributed by atoms with Gasteiger partial charge in [0, 0.05) is 17.8 Å². The van der Waals surface area contributed by atoms with Crippen LogP contribution in [0, 0.1) is 18.6 Å². The molecule has 0 saturated heterocycles. The van der Waals surface area contributed by atoms with Crippen molar-refractivity contribution in [3.05, 3.63) is 58.9 Å². The first-order valence-electron chi connectivity index (χ1n) is 6.77. The van der Waals surface area contributed by atoms with Crippen LogP contribution in [0.5, 0.6) is 5.75 Å². The molecule has 0 amide bonds. The van der Waals surface area contributed by atoms with Gasteiger partial charge in [-0.1, -0.05) is 0 Å². The maximum Gasteiger partial charge on any atom is 0.137 e. The number of hydrogen-bond donors (Lipinski definition) is 1. The van der Waals surface area contributed by atoms with Crippen LogP contribution in [0.4, 0.5) is 8.78 Å². The minimum Gasteiger partial charge on any atom is -0.492 e. The summed E-state index contributed by atoms with van der Waals surface area (Å²) in [5.41, 5.74) is 1.54. The van der Waals surface area contributed by atoms with Crippen molar-refractivity contribution in [1.82, 2.24) is 10.3 Å². The largest absolute Gasteiger partial charge is 0.492 e. The molecule has 1 heterocycles. The number of pyridine rings is 1. The molecule has 0 bridgehead atoms. The standard InChI is InChI=1S/C16H18F2N2O/c1-4-21-12-6-11(8-20-9-12)16(19-3)13-5-10(2)14(17)7-15(13)18/h5-9,16,19H,4H2,1-3H3. The van der Waals surface area contributed by atoms with Crippen molar-refractivity contribution in [2.45, 2.75) is 19.9 Å². The molecule has 2 aromatic rings. The van der Waals surface area contributed by atoms with E-state index in [0.29, 0.717) is 23.5 Å². The van der Waals surface area contributed by atoms with E-state index in [2.05, 4.69) is 10.3 Å². The first kappa shape index (κ1) is 15.4. The molecular weight excluding hydrogens is 274 g/mol. The van der Waals surface area contributed by atoms with E-state index in [9.17, 15) is 8.78 Å². The lowest BCUT2D eigenvalue weighted by atomic mass is 9.98. The van der Waals surface area contributed by atoms with Crippen LogP contribution in [0.2, 0.25) is 0 Å². The lowest BCUT2D eigenvalue weighted by molar-refractivity contribution is 0.338. The minimum absolute atomic E-state index is 0.381. The summed E-state index contributed by atoms with van der Waals surface area (Å²) in [4.78, 5) is 4.11. The van der Waals surface area contributed by atoms with Gasteiger partial charge >= 0.3 is 0 Å². The molecule has 1 unspecified atom stereocenters. The van der Waals surface area contributed by atoms with E-state index in [-0.39, 0.29) is 0 Å². The van der Waals surface area contributed by atoms with E-state index in [1.165, 1.54) is 6.07 Å². The molecule has 21 heavy (non-hydrogen) atoms. The summed E-state index contributed by atoms with van der Waals surface area (Å²) in [6.07, 6.45) is 3.24. The molecular formula is C16H18F2N2O.